The number of hydrogen-bond acceptors (Lipinski definition) is 5. The van der Waals surface area contributed by atoms with Crippen LogP contribution in [-0.4, -0.2) is 11.0 Å². The maximum Gasteiger partial charge on any atom is 0.416 e. The van der Waals surface area contributed by atoms with Gasteiger partial charge in [0.05, 0.1) is 12.0 Å². The van der Waals surface area contributed by atoms with Crippen LogP contribution in [0.4, 0.5) is 13.2 Å². The maximum atomic E-state index is 12.8. The molecule has 0 saturated heterocycles. The highest BCUT2D eigenvalue weighted by Crippen LogP contribution is 2.33. The molecule has 0 aliphatic heterocycles. The molecule has 0 bridgehead atoms. The zero-order chi connectivity index (χ0) is 26.5. The van der Waals surface area contributed by atoms with Crippen LogP contribution in [0.25, 0.3) is 11.1 Å². The summed E-state index contributed by atoms with van der Waals surface area (Å²) in [4.78, 5) is 17.6. The van der Waals surface area contributed by atoms with E-state index >= 15 is 0 Å². The molecule has 1 aromatic heterocycles. The molecule has 0 aliphatic carbocycles. The average molecular weight is 572 g/mol. The third kappa shape index (κ3) is 8.43. The highest BCUT2D eigenvalue weighted by Gasteiger charge is 2.30. The summed E-state index contributed by atoms with van der Waals surface area (Å²) < 4.78 is 43.8. The molecule has 0 fully saturated rings. The standard InChI is InChI=1S/C28H32F3N3O2.2ClH/c1-17(2)12-25-24(15-33)27(21-8-4-19(14-32)5-9-21)23(18(3)34-25)13-26(35)36-16-20-6-10-22(11-7-20)28(29,30)31;;/h4-11,17H,12-16,32-33H2,1-3H3;2*1H. The highest BCUT2D eigenvalue weighted by molar-refractivity contribution is 5.85. The van der Waals surface area contributed by atoms with Crippen molar-refractivity contribution in [2.24, 2.45) is 17.4 Å². The Morgan fingerprint density at radius 2 is 1.50 bits per heavy atom. The second-order valence-corrected chi connectivity index (χ2v) is 9.21. The van der Waals surface area contributed by atoms with Crippen LogP contribution in [0.15, 0.2) is 48.5 Å². The molecule has 38 heavy (non-hydrogen) atoms. The van der Waals surface area contributed by atoms with Crippen LogP contribution in [0.3, 0.4) is 0 Å². The van der Waals surface area contributed by atoms with Gasteiger partial charge in [0, 0.05) is 24.5 Å². The van der Waals surface area contributed by atoms with Crippen molar-refractivity contribution >= 4 is 30.8 Å². The summed E-state index contributed by atoms with van der Waals surface area (Å²) in [5, 5.41) is 0. The summed E-state index contributed by atoms with van der Waals surface area (Å²) in [6.07, 6.45) is -3.71. The van der Waals surface area contributed by atoms with Gasteiger partial charge in [-0.2, -0.15) is 13.2 Å². The molecule has 0 radical (unpaired) electrons. The minimum Gasteiger partial charge on any atom is -0.461 e. The number of pyridine rings is 1. The third-order valence-corrected chi connectivity index (χ3v) is 5.98. The first-order chi connectivity index (χ1) is 17.0. The number of nitrogens with two attached hydrogens (primary N) is 2. The molecular weight excluding hydrogens is 538 g/mol. The van der Waals surface area contributed by atoms with Crippen molar-refractivity contribution in [2.75, 3.05) is 0 Å². The van der Waals surface area contributed by atoms with Gasteiger partial charge in [-0.3, -0.25) is 9.78 Å². The van der Waals surface area contributed by atoms with Crippen molar-refractivity contribution in [3.63, 3.8) is 0 Å². The smallest absolute Gasteiger partial charge is 0.416 e. The van der Waals surface area contributed by atoms with E-state index in [0.717, 1.165) is 52.1 Å². The SMILES string of the molecule is Cc1nc(CC(C)C)c(CN)c(-c2ccc(CN)cc2)c1CC(=O)OCc1ccc(C(F)(F)F)cc1.Cl.Cl. The number of carbonyl (C=O) groups is 1. The summed E-state index contributed by atoms with van der Waals surface area (Å²) >= 11 is 0. The second-order valence-electron chi connectivity index (χ2n) is 9.21. The lowest BCUT2D eigenvalue weighted by Gasteiger charge is -2.21. The molecule has 1 heterocycles. The lowest BCUT2D eigenvalue weighted by atomic mass is 9.88. The maximum absolute atomic E-state index is 12.8. The lowest BCUT2D eigenvalue weighted by molar-refractivity contribution is -0.144. The molecule has 3 aromatic rings. The van der Waals surface area contributed by atoms with Gasteiger partial charge in [0.25, 0.3) is 0 Å². The first-order valence-corrected chi connectivity index (χ1v) is 11.9. The van der Waals surface area contributed by atoms with Gasteiger partial charge in [-0.05, 0) is 64.8 Å². The van der Waals surface area contributed by atoms with E-state index < -0.39 is 17.7 Å². The predicted molar refractivity (Wildman–Crippen MR) is 148 cm³/mol. The van der Waals surface area contributed by atoms with E-state index in [0.29, 0.717) is 23.7 Å². The monoisotopic (exact) mass is 571 g/mol. The first-order valence-electron chi connectivity index (χ1n) is 11.9. The molecule has 10 heteroatoms. The number of nitrogens with zero attached hydrogens (tertiary/aromatic N) is 1. The summed E-state index contributed by atoms with van der Waals surface area (Å²) in [6.45, 7) is 6.64. The van der Waals surface area contributed by atoms with Crippen molar-refractivity contribution < 1.29 is 22.7 Å². The first kappa shape index (κ1) is 33.4. The molecule has 0 unspecified atom stereocenters. The van der Waals surface area contributed by atoms with E-state index in [4.69, 9.17) is 21.2 Å². The van der Waals surface area contributed by atoms with Crippen LogP contribution in [0.5, 0.6) is 0 Å². The Morgan fingerprint density at radius 1 is 0.921 bits per heavy atom. The van der Waals surface area contributed by atoms with Crippen LogP contribution in [0, 0.1) is 12.8 Å². The van der Waals surface area contributed by atoms with Crippen LogP contribution in [0.2, 0.25) is 0 Å². The number of carbonyl (C=O) groups excluding carboxylic acids is 1. The number of aromatic nitrogens is 1. The quantitative estimate of drug-likeness (QED) is 0.293. The summed E-state index contributed by atoms with van der Waals surface area (Å²) in [5.74, 6) is -0.131. The number of aryl methyl sites for hydroxylation is 1. The third-order valence-electron chi connectivity index (χ3n) is 5.98. The van der Waals surface area contributed by atoms with Crippen molar-refractivity contribution in [1.29, 1.82) is 0 Å². The largest absolute Gasteiger partial charge is 0.461 e. The molecule has 3 rings (SSSR count). The number of alkyl halides is 3. The van der Waals surface area contributed by atoms with Crippen LogP contribution in [-0.2, 0) is 48.2 Å². The average Bonchev–Trinajstić information content (AvgIpc) is 2.83. The number of halogens is 5. The van der Waals surface area contributed by atoms with Crippen molar-refractivity contribution in [2.45, 2.75) is 59.5 Å². The summed E-state index contributed by atoms with van der Waals surface area (Å²) in [5.41, 5.74) is 17.7. The Hall–Kier alpha value is -2.65. The molecule has 0 atom stereocenters. The Kier molecular flexibility index (Phi) is 12.7. The van der Waals surface area contributed by atoms with Gasteiger partial charge >= 0.3 is 12.1 Å². The zero-order valence-corrected chi connectivity index (χ0v) is 23.2. The molecule has 0 saturated carbocycles. The van der Waals surface area contributed by atoms with Gasteiger partial charge in [0.1, 0.15) is 6.61 Å². The number of hydrogen-bond donors (Lipinski definition) is 2. The molecule has 2 aromatic carbocycles. The van der Waals surface area contributed by atoms with Crippen molar-refractivity contribution in [3.8, 4) is 11.1 Å². The molecule has 208 valence electrons. The van der Waals surface area contributed by atoms with Gasteiger partial charge < -0.3 is 16.2 Å². The van der Waals surface area contributed by atoms with E-state index in [1.54, 1.807) is 0 Å². The summed E-state index contributed by atoms with van der Waals surface area (Å²) in [7, 11) is 0. The van der Waals surface area contributed by atoms with Crippen LogP contribution >= 0.6 is 24.8 Å². The number of benzene rings is 2. The van der Waals surface area contributed by atoms with E-state index in [-0.39, 0.29) is 44.4 Å². The Morgan fingerprint density at radius 3 is 2.00 bits per heavy atom. The fraction of sp³-hybridized carbons (Fsp3) is 0.357. The molecule has 4 N–H and O–H groups in total. The lowest BCUT2D eigenvalue weighted by Crippen LogP contribution is -2.16. The number of esters is 1. The van der Waals surface area contributed by atoms with E-state index in [2.05, 4.69) is 13.8 Å². The van der Waals surface area contributed by atoms with Gasteiger partial charge in [0.15, 0.2) is 0 Å². The number of rotatable bonds is 9. The van der Waals surface area contributed by atoms with E-state index in [9.17, 15) is 18.0 Å². The Bertz CT molecular complexity index is 1200. The highest BCUT2D eigenvalue weighted by atomic mass is 35.5. The topological polar surface area (TPSA) is 91.2 Å². The molecule has 0 aliphatic rings. The number of ether oxygens (including phenoxy) is 1. The molecular formula is C28H34Cl2F3N3O2. The fourth-order valence-electron chi connectivity index (χ4n) is 4.14. The molecule has 0 spiro atoms. The summed E-state index contributed by atoms with van der Waals surface area (Å²) in [6, 6.07) is 12.4. The van der Waals surface area contributed by atoms with Crippen LogP contribution in [0.1, 0.15) is 53.1 Å². The second kappa shape index (κ2) is 14.5. The Balaban J connectivity index is 0.00000361. The predicted octanol–water partition coefficient (Wildman–Crippen LogP) is 6.32. The van der Waals surface area contributed by atoms with Gasteiger partial charge in [0.2, 0.25) is 0 Å². The van der Waals surface area contributed by atoms with Gasteiger partial charge in [-0.25, -0.2) is 0 Å². The van der Waals surface area contributed by atoms with Crippen molar-refractivity contribution in [3.05, 3.63) is 87.7 Å². The van der Waals surface area contributed by atoms with Gasteiger partial charge in [-0.15, -0.1) is 24.8 Å². The fourth-order valence-corrected chi connectivity index (χ4v) is 4.14. The minimum atomic E-state index is -4.42. The molecule has 0 amide bonds. The Labute approximate surface area is 234 Å². The van der Waals surface area contributed by atoms with Gasteiger partial charge in [-0.1, -0.05) is 50.2 Å². The van der Waals surface area contributed by atoms with E-state index in [1.807, 2.05) is 31.2 Å². The molecule has 5 nitrogen and oxygen atoms in total. The van der Waals surface area contributed by atoms with Crippen LogP contribution < -0.4 is 11.5 Å². The van der Waals surface area contributed by atoms with Crippen molar-refractivity contribution in [1.82, 2.24) is 4.98 Å². The zero-order valence-electron chi connectivity index (χ0n) is 21.6. The minimum absolute atomic E-state index is 0. The van der Waals surface area contributed by atoms with E-state index in [1.165, 1.54) is 12.1 Å². The normalized spacial score (nSPS) is 11.1.